The molecule has 0 radical (unpaired) electrons. The molecule has 1 amide bonds. The Bertz CT molecular complexity index is 68.4. The molecular weight excluding hydrogens is 142 g/mol. The lowest BCUT2D eigenvalue weighted by molar-refractivity contribution is -0.118. The van der Waals surface area contributed by atoms with Gasteiger partial charge in [0.25, 0.3) is 0 Å². The predicted octanol–water partition coefficient (Wildman–Crippen LogP) is 0.353. The Balaban J connectivity index is 3.06. The van der Waals surface area contributed by atoms with E-state index in [1.165, 1.54) is 11.8 Å². The minimum absolute atomic E-state index is 0.0486. The van der Waals surface area contributed by atoms with E-state index in [4.69, 9.17) is 0 Å². The summed E-state index contributed by atoms with van der Waals surface area (Å²) in [6.45, 7) is 0. The number of hydrogen-bond acceptors (Lipinski definition) is 3. The van der Waals surface area contributed by atoms with Crippen LogP contribution in [0.15, 0.2) is 0 Å². The Kier molecular flexibility index (Phi) is 5.42. The molecular formula is C4H9NOS2. The van der Waals surface area contributed by atoms with Crippen LogP contribution >= 0.6 is 24.4 Å². The van der Waals surface area contributed by atoms with E-state index in [1.54, 1.807) is 0 Å². The summed E-state index contributed by atoms with van der Waals surface area (Å²) in [4.78, 5) is 10.5. The number of thiol groups is 1. The highest BCUT2D eigenvalue weighted by molar-refractivity contribution is 7.99. The predicted molar refractivity (Wildman–Crippen MR) is 40.4 cm³/mol. The Labute approximate surface area is 58.8 Å². The maximum Gasteiger partial charge on any atom is 0.230 e. The average Bonchev–Trinajstić information content (AvgIpc) is 1.68. The molecule has 4 heteroatoms. The number of thioether (sulfide) groups is 1. The van der Waals surface area contributed by atoms with E-state index >= 15 is 0 Å². The number of amides is 1. The molecule has 48 valence electrons. The highest BCUT2D eigenvalue weighted by Gasteiger charge is 1.93. The first-order valence-corrected chi connectivity index (χ1v) is 4.20. The van der Waals surface area contributed by atoms with Crippen molar-refractivity contribution in [3.05, 3.63) is 0 Å². The number of nitrogens with one attached hydrogen (secondary N) is 1. The zero-order chi connectivity index (χ0) is 6.41. The molecule has 0 saturated carbocycles. The van der Waals surface area contributed by atoms with Crippen molar-refractivity contribution < 1.29 is 4.79 Å². The van der Waals surface area contributed by atoms with Gasteiger partial charge in [-0.2, -0.15) is 24.4 Å². The van der Waals surface area contributed by atoms with Crippen molar-refractivity contribution in [3.8, 4) is 0 Å². The van der Waals surface area contributed by atoms with Crippen molar-refractivity contribution in [2.75, 3.05) is 17.9 Å². The third kappa shape index (κ3) is 4.33. The SMILES string of the molecule is CSCC(=O)NCS. The van der Waals surface area contributed by atoms with Gasteiger partial charge in [-0.1, -0.05) is 0 Å². The van der Waals surface area contributed by atoms with Crippen LogP contribution in [0.4, 0.5) is 0 Å². The van der Waals surface area contributed by atoms with Crippen molar-refractivity contribution in [2.45, 2.75) is 0 Å². The zero-order valence-corrected chi connectivity index (χ0v) is 6.39. The number of rotatable bonds is 3. The Morgan fingerprint density at radius 2 is 2.50 bits per heavy atom. The quantitative estimate of drug-likeness (QED) is 0.450. The van der Waals surface area contributed by atoms with Crippen LogP contribution in [0.2, 0.25) is 0 Å². The van der Waals surface area contributed by atoms with Gasteiger partial charge in [-0.15, -0.1) is 0 Å². The maximum atomic E-state index is 10.5. The van der Waals surface area contributed by atoms with Crippen molar-refractivity contribution in [3.63, 3.8) is 0 Å². The first-order valence-electron chi connectivity index (χ1n) is 2.17. The second-order valence-corrected chi connectivity index (χ2v) is 2.37. The molecule has 0 heterocycles. The molecule has 8 heavy (non-hydrogen) atoms. The van der Waals surface area contributed by atoms with Crippen LogP contribution in [0.3, 0.4) is 0 Å². The van der Waals surface area contributed by atoms with Crippen molar-refractivity contribution >= 4 is 30.3 Å². The summed E-state index contributed by atoms with van der Waals surface area (Å²) >= 11 is 5.32. The Morgan fingerprint density at radius 3 is 2.88 bits per heavy atom. The Morgan fingerprint density at radius 1 is 1.88 bits per heavy atom. The average molecular weight is 151 g/mol. The molecule has 0 unspecified atom stereocenters. The largest absolute Gasteiger partial charge is 0.347 e. The van der Waals surface area contributed by atoms with Gasteiger partial charge in [-0.3, -0.25) is 4.79 Å². The second-order valence-electron chi connectivity index (χ2n) is 1.19. The van der Waals surface area contributed by atoms with Crippen molar-refractivity contribution in [1.29, 1.82) is 0 Å². The molecule has 1 N–H and O–H groups in total. The molecule has 0 aromatic carbocycles. The smallest absolute Gasteiger partial charge is 0.230 e. The minimum Gasteiger partial charge on any atom is -0.347 e. The normalized spacial score (nSPS) is 8.75. The highest BCUT2D eigenvalue weighted by atomic mass is 32.2. The van der Waals surface area contributed by atoms with E-state index in [1.807, 2.05) is 6.26 Å². The van der Waals surface area contributed by atoms with Crippen molar-refractivity contribution in [2.24, 2.45) is 0 Å². The zero-order valence-electron chi connectivity index (χ0n) is 4.68. The highest BCUT2D eigenvalue weighted by Crippen LogP contribution is 1.88. The standard InChI is InChI=1S/C4H9NOS2/c1-8-2-4(6)5-3-7/h7H,2-3H2,1H3,(H,5,6). The first kappa shape index (κ1) is 8.17. The minimum atomic E-state index is 0.0486. The summed E-state index contributed by atoms with van der Waals surface area (Å²) in [6, 6.07) is 0. The fourth-order valence-corrected chi connectivity index (χ4v) is 0.811. The lowest BCUT2D eigenvalue weighted by Gasteiger charge is -1.95. The van der Waals surface area contributed by atoms with Gasteiger partial charge in [-0.05, 0) is 6.26 Å². The van der Waals surface area contributed by atoms with Crippen LogP contribution < -0.4 is 5.32 Å². The van der Waals surface area contributed by atoms with Crippen LogP contribution in [-0.2, 0) is 4.79 Å². The van der Waals surface area contributed by atoms with E-state index in [9.17, 15) is 4.79 Å². The maximum absolute atomic E-state index is 10.5. The third-order valence-electron chi connectivity index (χ3n) is 0.552. The monoisotopic (exact) mass is 151 g/mol. The summed E-state index contributed by atoms with van der Waals surface area (Å²) in [5.41, 5.74) is 0. The summed E-state index contributed by atoms with van der Waals surface area (Å²) in [5.74, 6) is 1.01. The fourth-order valence-electron chi connectivity index (χ4n) is 0.270. The summed E-state index contributed by atoms with van der Waals surface area (Å²) in [6.07, 6.45) is 1.89. The summed E-state index contributed by atoms with van der Waals surface area (Å²) < 4.78 is 0. The molecule has 0 rings (SSSR count). The van der Waals surface area contributed by atoms with Gasteiger partial charge in [0.2, 0.25) is 5.91 Å². The van der Waals surface area contributed by atoms with E-state index in [2.05, 4.69) is 17.9 Å². The first-order chi connectivity index (χ1) is 3.81. The molecule has 0 bridgehead atoms. The molecule has 0 atom stereocenters. The van der Waals surface area contributed by atoms with E-state index in [0.29, 0.717) is 11.6 Å². The van der Waals surface area contributed by atoms with E-state index in [-0.39, 0.29) is 5.91 Å². The lowest BCUT2D eigenvalue weighted by Crippen LogP contribution is -2.23. The van der Waals surface area contributed by atoms with Crippen LogP contribution in [0.25, 0.3) is 0 Å². The van der Waals surface area contributed by atoms with Gasteiger partial charge in [0.1, 0.15) is 0 Å². The molecule has 0 spiro atoms. The van der Waals surface area contributed by atoms with Crippen LogP contribution in [-0.4, -0.2) is 23.8 Å². The van der Waals surface area contributed by atoms with Gasteiger partial charge in [0.05, 0.1) is 11.6 Å². The van der Waals surface area contributed by atoms with Crippen LogP contribution in [0, 0.1) is 0 Å². The number of hydrogen-bond donors (Lipinski definition) is 2. The van der Waals surface area contributed by atoms with Crippen LogP contribution in [0.1, 0.15) is 0 Å². The molecule has 0 saturated heterocycles. The summed E-state index contributed by atoms with van der Waals surface area (Å²) in [5, 5.41) is 2.55. The van der Waals surface area contributed by atoms with Gasteiger partial charge in [-0.25, -0.2) is 0 Å². The third-order valence-corrected chi connectivity index (χ3v) is 1.26. The molecule has 0 aromatic rings. The Hall–Kier alpha value is 0.170. The number of carbonyl (C=O) groups is 1. The fraction of sp³-hybridized carbons (Fsp3) is 0.750. The van der Waals surface area contributed by atoms with Crippen molar-refractivity contribution in [1.82, 2.24) is 5.32 Å². The molecule has 0 fully saturated rings. The molecule has 0 aliphatic heterocycles. The number of carbonyl (C=O) groups excluding carboxylic acids is 1. The molecule has 0 aliphatic rings. The van der Waals surface area contributed by atoms with E-state index in [0.717, 1.165) is 0 Å². The van der Waals surface area contributed by atoms with Crippen LogP contribution in [0.5, 0.6) is 0 Å². The summed E-state index contributed by atoms with van der Waals surface area (Å²) in [7, 11) is 0. The molecule has 0 aromatic heterocycles. The van der Waals surface area contributed by atoms with Gasteiger partial charge < -0.3 is 5.32 Å². The van der Waals surface area contributed by atoms with Gasteiger partial charge in [0, 0.05) is 0 Å². The van der Waals surface area contributed by atoms with E-state index < -0.39 is 0 Å². The molecule has 2 nitrogen and oxygen atoms in total. The lowest BCUT2D eigenvalue weighted by atomic mass is 10.7. The second kappa shape index (κ2) is 5.31. The van der Waals surface area contributed by atoms with Gasteiger partial charge >= 0.3 is 0 Å². The van der Waals surface area contributed by atoms with Gasteiger partial charge in [0.15, 0.2) is 0 Å². The topological polar surface area (TPSA) is 29.1 Å². The molecule has 0 aliphatic carbocycles.